The molecule has 0 atom stereocenters. The highest BCUT2D eigenvalue weighted by Gasteiger charge is 1.92. The number of hydrogen-bond acceptors (Lipinski definition) is 0. The first-order chi connectivity index (χ1) is 4.79. The molecule has 0 aliphatic heterocycles. The summed E-state index contributed by atoms with van der Waals surface area (Å²) in [6.07, 6.45) is 8.94. The van der Waals surface area contributed by atoms with Gasteiger partial charge in [-0.2, -0.15) is 0 Å². The standard InChI is InChI=1S/C9H11F/c1-8-5-3-2-4-6-9(10)7-8/h3,5-7H,2,4H2,1H3/b5-3+,8-7-,9-6+. The average Bonchev–Trinajstić information content (AvgIpc) is 1.83. The van der Waals surface area contributed by atoms with Crippen molar-refractivity contribution in [3.63, 3.8) is 0 Å². The van der Waals surface area contributed by atoms with Gasteiger partial charge in [-0.1, -0.05) is 12.2 Å². The minimum Gasteiger partial charge on any atom is -0.207 e. The average molecular weight is 138 g/mol. The Labute approximate surface area is 60.7 Å². The van der Waals surface area contributed by atoms with Crippen molar-refractivity contribution in [2.45, 2.75) is 19.8 Å². The molecule has 1 aliphatic rings. The summed E-state index contributed by atoms with van der Waals surface area (Å²) in [6.45, 7) is 1.90. The van der Waals surface area contributed by atoms with E-state index in [0.717, 1.165) is 18.4 Å². The van der Waals surface area contributed by atoms with Gasteiger partial charge in [0.2, 0.25) is 0 Å². The van der Waals surface area contributed by atoms with Gasteiger partial charge >= 0.3 is 0 Å². The smallest absolute Gasteiger partial charge is 0.119 e. The Morgan fingerprint density at radius 1 is 1.40 bits per heavy atom. The van der Waals surface area contributed by atoms with Gasteiger partial charge in [0.25, 0.3) is 0 Å². The Balaban J connectivity index is 2.79. The molecule has 10 heavy (non-hydrogen) atoms. The van der Waals surface area contributed by atoms with Crippen LogP contribution in [0.1, 0.15) is 19.8 Å². The van der Waals surface area contributed by atoms with Gasteiger partial charge in [-0.15, -0.1) is 0 Å². The third-order valence-electron chi connectivity index (χ3n) is 1.42. The van der Waals surface area contributed by atoms with E-state index in [9.17, 15) is 4.39 Å². The van der Waals surface area contributed by atoms with Crippen LogP contribution in [0.4, 0.5) is 4.39 Å². The SMILES string of the molecule is CC1=C/C(F)=C\CC\C=C\1. The maximum Gasteiger partial charge on any atom is 0.119 e. The summed E-state index contributed by atoms with van der Waals surface area (Å²) in [4.78, 5) is 0. The molecule has 1 rings (SSSR count). The van der Waals surface area contributed by atoms with E-state index in [2.05, 4.69) is 6.08 Å². The molecule has 0 nitrogen and oxygen atoms in total. The van der Waals surface area contributed by atoms with Crippen LogP contribution in [0.5, 0.6) is 0 Å². The molecule has 54 valence electrons. The molecule has 0 amide bonds. The maximum atomic E-state index is 12.6. The number of halogens is 1. The van der Waals surface area contributed by atoms with E-state index in [4.69, 9.17) is 0 Å². The second-order valence-electron chi connectivity index (χ2n) is 2.46. The summed E-state index contributed by atoms with van der Waals surface area (Å²) >= 11 is 0. The van der Waals surface area contributed by atoms with Gasteiger partial charge in [-0.05, 0) is 37.5 Å². The van der Waals surface area contributed by atoms with Crippen molar-refractivity contribution >= 4 is 0 Å². The molecule has 0 aromatic rings. The first-order valence-electron chi connectivity index (χ1n) is 3.49. The van der Waals surface area contributed by atoms with Crippen molar-refractivity contribution in [3.05, 3.63) is 35.7 Å². The molecule has 0 heterocycles. The molecule has 0 aromatic heterocycles. The zero-order chi connectivity index (χ0) is 7.40. The van der Waals surface area contributed by atoms with Crippen molar-refractivity contribution in [1.82, 2.24) is 0 Å². The van der Waals surface area contributed by atoms with E-state index >= 15 is 0 Å². The first kappa shape index (κ1) is 7.26. The summed E-state index contributed by atoms with van der Waals surface area (Å²) < 4.78 is 12.6. The second-order valence-corrected chi connectivity index (χ2v) is 2.46. The summed E-state index contributed by atoms with van der Waals surface area (Å²) in [7, 11) is 0. The fraction of sp³-hybridized carbons (Fsp3) is 0.333. The van der Waals surface area contributed by atoms with E-state index in [0.29, 0.717) is 0 Å². The van der Waals surface area contributed by atoms with E-state index < -0.39 is 0 Å². The lowest BCUT2D eigenvalue weighted by atomic mass is 10.1. The Kier molecular flexibility index (Phi) is 2.43. The van der Waals surface area contributed by atoms with Gasteiger partial charge in [-0.25, -0.2) is 4.39 Å². The van der Waals surface area contributed by atoms with Crippen LogP contribution in [0.25, 0.3) is 0 Å². The fourth-order valence-electron chi connectivity index (χ4n) is 0.911. The molecule has 0 saturated heterocycles. The molecule has 1 aliphatic carbocycles. The zero-order valence-electron chi connectivity index (χ0n) is 6.10. The van der Waals surface area contributed by atoms with Crippen molar-refractivity contribution in [2.24, 2.45) is 0 Å². The van der Waals surface area contributed by atoms with E-state index in [1.807, 2.05) is 13.0 Å². The fourth-order valence-corrected chi connectivity index (χ4v) is 0.911. The quantitative estimate of drug-likeness (QED) is 0.482. The van der Waals surface area contributed by atoms with E-state index in [1.165, 1.54) is 0 Å². The molecular weight excluding hydrogens is 127 g/mol. The van der Waals surface area contributed by atoms with Crippen LogP contribution in [-0.4, -0.2) is 0 Å². The molecule has 0 N–H and O–H groups in total. The molecule has 0 saturated carbocycles. The van der Waals surface area contributed by atoms with Crippen LogP contribution < -0.4 is 0 Å². The molecule has 0 unspecified atom stereocenters. The predicted molar refractivity (Wildman–Crippen MR) is 41.3 cm³/mol. The van der Waals surface area contributed by atoms with Crippen LogP contribution in [0.3, 0.4) is 0 Å². The van der Waals surface area contributed by atoms with Gasteiger partial charge in [0.05, 0.1) is 0 Å². The first-order valence-corrected chi connectivity index (χ1v) is 3.49. The summed E-state index contributed by atoms with van der Waals surface area (Å²) in [5, 5.41) is 0. The molecule has 0 spiro atoms. The zero-order valence-corrected chi connectivity index (χ0v) is 6.10. The molecule has 0 bridgehead atoms. The minimum atomic E-state index is -0.109. The number of hydrogen-bond donors (Lipinski definition) is 0. The lowest BCUT2D eigenvalue weighted by molar-refractivity contribution is 0.657. The van der Waals surface area contributed by atoms with Gasteiger partial charge in [0.15, 0.2) is 0 Å². The monoisotopic (exact) mass is 138 g/mol. The Hall–Kier alpha value is -0.850. The van der Waals surface area contributed by atoms with Gasteiger partial charge < -0.3 is 0 Å². The highest BCUT2D eigenvalue weighted by atomic mass is 19.1. The van der Waals surface area contributed by atoms with Crippen molar-refractivity contribution in [2.75, 3.05) is 0 Å². The highest BCUT2D eigenvalue weighted by Crippen LogP contribution is 2.10. The largest absolute Gasteiger partial charge is 0.207 e. The molecular formula is C9H11F. The third-order valence-corrected chi connectivity index (χ3v) is 1.42. The normalized spacial score (nSPS) is 32.6. The van der Waals surface area contributed by atoms with Crippen LogP contribution in [0, 0.1) is 0 Å². The Bertz CT molecular complexity index is 197. The maximum absolute atomic E-state index is 12.6. The summed E-state index contributed by atoms with van der Waals surface area (Å²) in [5.74, 6) is -0.109. The number of allylic oxidation sites excluding steroid dienone is 6. The van der Waals surface area contributed by atoms with Gasteiger partial charge in [0.1, 0.15) is 5.83 Å². The summed E-state index contributed by atoms with van der Waals surface area (Å²) in [5.41, 5.74) is 0.980. The number of rotatable bonds is 0. The topological polar surface area (TPSA) is 0 Å². The Morgan fingerprint density at radius 2 is 2.20 bits per heavy atom. The molecule has 0 radical (unpaired) electrons. The Morgan fingerprint density at radius 3 is 3.00 bits per heavy atom. The van der Waals surface area contributed by atoms with Crippen LogP contribution >= 0.6 is 0 Å². The lowest BCUT2D eigenvalue weighted by Crippen LogP contribution is -1.77. The van der Waals surface area contributed by atoms with Gasteiger partial charge in [-0.3, -0.25) is 0 Å². The van der Waals surface area contributed by atoms with Crippen molar-refractivity contribution in [3.8, 4) is 0 Å². The molecule has 0 aromatic carbocycles. The third kappa shape index (κ3) is 2.18. The van der Waals surface area contributed by atoms with E-state index in [-0.39, 0.29) is 5.83 Å². The second kappa shape index (κ2) is 3.35. The van der Waals surface area contributed by atoms with Crippen LogP contribution in [0.2, 0.25) is 0 Å². The van der Waals surface area contributed by atoms with Crippen LogP contribution in [-0.2, 0) is 0 Å². The van der Waals surface area contributed by atoms with Crippen molar-refractivity contribution < 1.29 is 4.39 Å². The van der Waals surface area contributed by atoms with Crippen molar-refractivity contribution in [1.29, 1.82) is 0 Å². The molecule has 1 heteroatoms. The molecule has 0 fully saturated rings. The van der Waals surface area contributed by atoms with Crippen LogP contribution in [0.15, 0.2) is 35.7 Å². The van der Waals surface area contributed by atoms with Gasteiger partial charge in [0, 0.05) is 0 Å². The predicted octanol–water partition coefficient (Wildman–Crippen LogP) is 3.14. The highest BCUT2D eigenvalue weighted by molar-refractivity contribution is 5.26. The van der Waals surface area contributed by atoms with E-state index in [1.54, 1.807) is 12.2 Å². The summed E-state index contributed by atoms with van der Waals surface area (Å²) in [6, 6.07) is 0. The lowest BCUT2D eigenvalue weighted by Gasteiger charge is -1.96. The minimum absolute atomic E-state index is 0.109.